The van der Waals surface area contributed by atoms with Crippen molar-refractivity contribution in [2.24, 2.45) is 0 Å². The predicted molar refractivity (Wildman–Crippen MR) is 46.5 cm³/mol. The summed E-state index contributed by atoms with van der Waals surface area (Å²) in [5, 5.41) is 9.19. The van der Waals surface area contributed by atoms with Crippen molar-refractivity contribution in [2.75, 3.05) is 7.11 Å². The van der Waals surface area contributed by atoms with Gasteiger partial charge in [-0.2, -0.15) is 4.39 Å². The molecule has 1 heterocycles. The quantitative estimate of drug-likeness (QED) is 0.638. The number of nitrogens with zero attached hydrogens (tertiary/aromatic N) is 1. The lowest BCUT2D eigenvalue weighted by Crippen LogP contribution is -2.09. The van der Waals surface area contributed by atoms with Gasteiger partial charge >= 0.3 is 5.97 Å². The van der Waals surface area contributed by atoms with Crippen LogP contribution >= 0.6 is 0 Å². The summed E-state index contributed by atoms with van der Waals surface area (Å²) in [6, 6.07) is 0. The minimum Gasteiger partial charge on any atom is -0.503 e. The van der Waals surface area contributed by atoms with Gasteiger partial charge in [0.1, 0.15) is 0 Å². The average Bonchev–Trinajstić information content (AvgIpc) is 2.24. The van der Waals surface area contributed by atoms with Gasteiger partial charge in [0.05, 0.1) is 13.5 Å². The first-order chi connectivity index (χ1) is 7.47. The average molecular weight is 235 g/mol. The van der Waals surface area contributed by atoms with Crippen molar-refractivity contribution in [3.05, 3.63) is 23.3 Å². The number of hydrogen-bond donors (Lipinski definition) is 1. The summed E-state index contributed by atoms with van der Waals surface area (Å²) in [7, 11) is 1.05. The van der Waals surface area contributed by atoms with Gasteiger partial charge < -0.3 is 9.84 Å². The molecular formula is C9H8F3NO3. The van der Waals surface area contributed by atoms with E-state index in [1.165, 1.54) is 0 Å². The minimum absolute atomic E-state index is 0.505. The molecule has 0 aliphatic carbocycles. The van der Waals surface area contributed by atoms with Crippen molar-refractivity contribution < 1.29 is 27.8 Å². The molecule has 0 bridgehead atoms. The maximum atomic E-state index is 12.8. The molecule has 1 rings (SSSR count). The third kappa shape index (κ3) is 2.41. The molecule has 0 spiro atoms. The first-order valence-corrected chi connectivity index (χ1v) is 4.18. The number of esters is 1. The molecule has 0 aromatic carbocycles. The van der Waals surface area contributed by atoms with E-state index in [-0.39, 0.29) is 0 Å². The van der Waals surface area contributed by atoms with Crippen LogP contribution in [0.5, 0.6) is 5.75 Å². The summed E-state index contributed by atoms with van der Waals surface area (Å²) in [5.41, 5.74) is -1.20. The summed E-state index contributed by atoms with van der Waals surface area (Å²) < 4.78 is 42.0. The van der Waals surface area contributed by atoms with Gasteiger partial charge in [0.2, 0.25) is 0 Å². The molecule has 0 saturated heterocycles. The Morgan fingerprint density at radius 1 is 1.62 bits per heavy atom. The maximum absolute atomic E-state index is 12.8. The first-order valence-electron chi connectivity index (χ1n) is 4.18. The lowest BCUT2D eigenvalue weighted by molar-refractivity contribution is -0.139. The number of aromatic hydroxyl groups is 1. The predicted octanol–water partition coefficient (Wildman–Crippen LogP) is 1.58. The zero-order valence-electron chi connectivity index (χ0n) is 8.21. The Bertz CT molecular complexity index is 409. The number of carbonyl (C=O) groups is 1. The van der Waals surface area contributed by atoms with Gasteiger partial charge in [0, 0.05) is 17.3 Å². The number of pyridine rings is 1. The molecule has 0 amide bonds. The largest absolute Gasteiger partial charge is 0.503 e. The molecule has 0 unspecified atom stereocenters. The first kappa shape index (κ1) is 12.3. The van der Waals surface area contributed by atoms with Crippen molar-refractivity contribution >= 4 is 5.97 Å². The van der Waals surface area contributed by atoms with E-state index in [0.29, 0.717) is 6.20 Å². The lowest BCUT2D eigenvalue weighted by atomic mass is 10.1. The molecule has 0 saturated carbocycles. The number of halogens is 3. The van der Waals surface area contributed by atoms with Crippen LogP contribution in [0.15, 0.2) is 6.20 Å². The van der Waals surface area contributed by atoms with Crippen LogP contribution < -0.4 is 0 Å². The van der Waals surface area contributed by atoms with Gasteiger partial charge in [-0.05, 0) is 0 Å². The van der Waals surface area contributed by atoms with Crippen molar-refractivity contribution in [2.45, 2.75) is 12.8 Å². The highest BCUT2D eigenvalue weighted by Gasteiger charge is 2.22. The van der Waals surface area contributed by atoms with Crippen LogP contribution in [-0.4, -0.2) is 23.2 Å². The van der Waals surface area contributed by atoms with E-state index in [1.54, 1.807) is 0 Å². The number of methoxy groups -OCH3 is 1. The Morgan fingerprint density at radius 3 is 2.75 bits per heavy atom. The standard InChI is InChI=1S/C9H8F3NO3/c1-16-6(14)2-4-5(8(10)11)3-13-9(12)7(4)15/h3,8,15H,2H2,1H3. The zero-order valence-corrected chi connectivity index (χ0v) is 8.21. The number of ether oxygens (including phenoxy) is 1. The molecule has 1 aromatic heterocycles. The number of alkyl halides is 2. The lowest BCUT2D eigenvalue weighted by Gasteiger charge is -2.09. The van der Waals surface area contributed by atoms with Gasteiger partial charge in [-0.1, -0.05) is 0 Å². The molecule has 0 aliphatic heterocycles. The smallest absolute Gasteiger partial charge is 0.310 e. The molecule has 0 atom stereocenters. The van der Waals surface area contributed by atoms with Crippen molar-refractivity contribution in [3.63, 3.8) is 0 Å². The van der Waals surface area contributed by atoms with Gasteiger partial charge in [-0.25, -0.2) is 13.8 Å². The second-order valence-corrected chi connectivity index (χ2v) is 2.89. The second-order valence-electron chi connectivity index (χ2n) is 2.89. The molecule has 16 heavy (non-hydrogen) atoms. The van der Waals surface area contributed by atoms with Gasteiger partial charge in [0.15, 0.2) is 5.75 Å². The third-order valence-corrected chi connectivity index (χ3v) is 1.93. The van der Waals surface area contributed by atoms with Crippen LogP contribution in [0.25, 0.3) is 0 Å². The van der Waals surface area contributed by atoms with Crippen molar-refractivity contribution in [1.29, 1.82) is 0 Å². The number of carbonyl (C=O) groups excluding carboxylic acids is 1. The highest BCUT2D eigenvalue weighted by atomic mass is 19.3. The molecule has 1 N–H and O–H groups in total. The van der Waals surface area contributed by atoms with E-state index in [1.807, 2.05) is 0 Å². The second kappa shape index (κ2) is 4.82. The van der Waals surface area contributed by atoms with E-state index >= 15 is 0 Å². The summed E-state index contributed by atoms with van der Waals surface area (Å²) in [4.78, 5) is 13.8. The summed E-state index contributed by atoms with van der Waals surface area (Å²) in [6.07, 6.45) is -3.02. The topological polar surface area (TPSA) is 59.4 Å². The number of hydrogen-bond acceptors (Lipinski definition) is 4. The maximum Gasteiger partial charge on any atom is 0.310 e. The van der Waals surface area contributed by atoms with Crippen molar-refractivity contribution in [1.82, 2.24) is 4.98 Å². The molecule has 7 heteroatoms. The molecular weight excluding hydrogens is 227 g/mol. The Hall–Kier alpha value is -1.79. The Morgan fingerprint density at radius 2 is 2.25 bits per heavy atom. The van der Waals surface area contributed by atoms with Crippen LogP contribution in [0.2, 0.25) is 0 Å². The fourth-order valence-electron chi connectivity index (χ4n) is 1.12. The summed E-state index contributed by atoms with van der Waals surface area (Å²) in [5.74, 6) is -3.21. The molecule has 0 fully saturated rings. The summed E-state index contributed by atoms with van der Waals surface area (Å²) >= 11 is 0. The molecule has 1 aromatic rings. The van der Waals surface area contributed by atoms with Gasteiger partial charge in [-0.15, -0.1) is 0 Å². The number of rotatable bonds is 3. The molecule has 0 radical (unpaired) electrons. The van der Waals surface area contributed by atoms with Crippen LogP contribution in [-0.2, 0) is 16.0 Å². The van der Waals surface area contributed by atoms with Crippen LogP contribution in [0, 0.1) is 5.95 Å². The third-order valence-electron chi connectivity index (χ3n) is 1.93. The van der Waals surface area contributed by atoms with E-state index in [0.717, 1.165) is 7.11 Å². The SMILES string of the molecule is COC(=O)Cc1c(C(F)F)cnc(F)c1O. The highest BCUT2D eigenvalue weighted by Crippen LogP contribution is 2.30. The Labute approximate surface area is 88.7 Å². The zero-order chi connectivity index (χ0) is 12.3. The minimum atomic E-state index is -2.96. The molecule has 88 valence electrons. The summed E-state index contributed by atoms with van der Waals surface area (Å²) in [6.45, 7) is 0. The molecule has 0 aliphatic rings. The fourth-order valence-corrected chi connectivity index (χ4v) is 1.12. The van der Waals surface area contributed by atoms with E-state index in [9.17, 15) is 23.1 Å². The van der Waals surface area contributed by atoms with Crippen LogP contribution in [0.4, 0.5) is 13.2 Å². The van der Waals surface area contributed by atoms with Crippen LogP contribution in [0.3, 0.4) is 0 Å². The van der Waals surface area contributed by atoms with E-state index in [2.05, 4.69) is 9.72 Å². The van der Waals surface area contributed by atoms with Gasteiger partial charge in [0.25, 0.3) is 12.4 Å². The molecule has 4 nitrogen and oxygen atoms in total. The Kier molecular flexibility index (Phi) is 3.70. The van der Waals surface area contributed by atoms with Gasteiger partial charge in [-0.3, -0.25) is 4.79 Å². The van der Waals surface area contributed by atoms with E-state index < -0.39 is 41.6 Å². The highest BCUT2D eigenvalue weighted by molar-refractivity contribution is 5.74. The number of aromatic nitrogens is 1. The normalized spacial score (nSPS) is 10.6. The van der Waals surface area contributed by atoms with Crippen molar-refractivity contribution in [3.8, 4) is 5.75 Å². The van der Waals surface area contributed by atoms with Crippen LogP contribution in [0.1, 0.15) is 17.6 Å². The fraction of sp³-hybridized carbons (Fsp3) is 0.333. The Balaban J connectivity index is 3.20. The monoisotopic (exact) mass is 235 g/mol. The van der Waals surface area contributed by atoms with E-state index in [4.69, 9.17) is 0 Å².